The van der Waals surface area contributed by atoms with Gasteiger partial charge in [0.1, 0.15) is 17.5 Å². The van der Waals surface area contributed by atoms with E-state index < -0.39 is 0 Å². The molecule has 0 atom stereocenters. The highest BCUT2D eigenvalue weighted by Gasteiger charge is 2.15. The van der Waals surface area contributed by atoms with Crippen molar-refractivity contribution >= 4 is 23.4 Å². The summed E-state index contributed by atoms with van der Waals surface area (Å²) in [5, 5.41) is 9.21. The monoisotopic (exact) mass is 326 g/mol. The molecule has 0 saturated carbocycles. The number of Topliss-reactive ketones (excluding diaryl/α,β-unsaturated/α-hetero) is 1. The second-order valence-corrected chi connectivity index (χ2v) is 6.33. The number of carbonyl (C=O) groups excluding carboxylic acids is 1. The molecule has 5 nitrogen and oxygen atoms in total. The second-order valence-electron chi connectivity index (χ2n) is 5.39. The van der Waals surface area contributed by atoms with Crippen molar-refractivity contribution in [1.29, 1.82) is 5.26 Å². The zero-order valence-corrected chi connectivity index (χ0v) is 14.4. The largest absolute Gasteiger partial charge is 0.382 e. The van der Waals surface area contributed by atoms with Crippen LogP contribution in [0.3, 0.4) is 0 Å². The Bertz CT molecular complexity index is 824. The average molecular weight is 326 g/mol. The summed E-state index contributed by atoms with van der Waals surface area (Å²) >= 11 is 1.22. The molecule has 0 saturated heterocycles. The number of benzene rings is 1. The molecule has 0 aliphatic heterocycles. The summed E-state index contributed by atoms with van der Waals surface area (Å²) in [6.45, 7) is 8.08. The lowest BCUT2D eigenvalue weighted by atomic mass is 9.93. The molecule has 0 fully saturated rings. The third kappa shape index (κ3) is 3.51. The van der Waals surface area contributed by atoms with E-state index in [4.69, 9.17) is 11.0 Å². The fourth-order valence-corrected chi connectivity index (χ4v) is 2.95. The average Bonchev–Trinajstić information content (AvgIpc) is 2.54. The van der Waals surface area contributed by atoms with E-state index >= 15 is 0 Å². The number of nitriles is 1. The van der Waals surface area contributed by atoms with Crippen LogP contribution in [0.25, 0.3) is 0 Å². The Hall–Kier alpha value is -2.39. The molecule has 1 heterocycles. The first-order chi connectivity index (χ1) is 10.8. The summed E-state index contributed by atoms with van der Waals surface area (Å²) in [5.41, 5.74) is 11.1. The number of carbonyl (C=O) groups is 1. The molecule has 2 aromatic rings. The second kappa shape index (κ2) is 6.80. The van der Waals surface area contributed by atoms with Gasteiger partial charge in [-0.1, -0.05) is 11.8 Å². The van der Waals surface area contributed by atoms with Crippen molar-refractivity contribution in [2.24, 2.45) is 0 Å². The first kappa shape index (κ1) is 17.0. The maximum Gasteiger partial charge on any atom is 0.189 e. The number of nitrogens with two attached hydrogens (primary N) is 1. The Kier molecular flexibility index (Phi) is 5.02. The molecule has 0 aliphatic carbocycles. The van der Waals surface area contributed by atoms with Gasteiger partial charge in [0.25, 0.3) is 0 Å². The maximum absolute atomic E-state index is 12.5. The molecule has 2 N–H and O–H groups in total. The van der Waals surface area contributed by atoms with Crippen LogP contribution >= 0.6 is 11.8 Å². The summed E-state index contributed by atoms with van der Waals surface area (Å²) in [6.07, 6.45) is 1.38. The molecule has 1 aromatic carbocycles. The quantitative estimate of drug-likeness (QED) is 0.527. The number of nitrogen functional groups attached to an aromatic ring is 1. The van der Waals surface area contributed by atoms with Gasteiger partial charge < -0.3 is 5.73 Å². The number of ketones is 1. The first-order valence-corrected chi connectivity index (χ1v) is 8.09. The van der Waals surface area contributed by atoms with Gasteiger partial charge >= 0.3 is 0 Å². The fourth-order valence-electron chi connectivity index (χ4n) is 2.24. The van der Waals surface area contributed by atoms with Crippen LogP contribution in [-0.4, -0.2) is 21.5 Å². The van der Waals surface area contributed by atoms with E-state index in [1.807, 2.05) is 32.9 Å². The zero-order chi connectivity index (χ0) is 17.1. The van der Waals surface area contributed by atoms with E-state index in [0.717, 1.165) is 22.3 Å². The van der Waals surface area contributed by atoms with Gasteiger partial charge in [-0.05, 0) is 56.0 Å². The zero-order valence-electron chi connectivity index (χ0n) is 13.6. The third-order valence-electron chi connectivity index (χ3n) is 4.03. The Labute approximate surface area is 139 Å². The maximum atomic E-state index is 12.5. The van der Waals surface area contributed by atoms with Crippen LogP contribution in [0.1, 0.15) is 38.2 Å². The lowest BCUT2D eigenvalue weighted by Crippen LogP contribution is -2.09. The van der Waals surface area contributed by atoms with Gasteiger partial charge in [-0.3, -0.25) is 4.79 Å². The van der Waals surface area contributed by atoms with Gasteiger partial charge in [-0.2, -0.15) is 5.26 Å². The number of hydrogen-bond donors (Lipinski definition) is 1. The van der Waals surface area contributed by atoms with E-state index in [2.05, 4.69) is 16.9 Å². The number of thioether (sulfide) groups is 1. The molecule has 6 heteroatoms. The number of aromatic nitrogens is 2. The van der Waals surface area contributed by atoms with E-state index in [1.165, 1.54) is 23.5 Å². The SMILES string of the molecule is Cc1cc(C(=O)CSc2ncc(C#N)c(N)n2)c(C)c(C)c1C. The molecule has 0 amide bonds. The Balaban J connectivity index is 2.18. The number of aryl methyl sites for hydroxylation is 1. The number of hydrogen-bond acceptors (Lipinski definition) is 6. The number of rotatable bonds is 4. The van der Waals surface area contributed by atoms with Crippen molar-refractivity contribution in [2.75, 3.05) is 11.5 Å². The van der Waals surface area contributed by atoms with Crippen LogP contribution < -0.4 is 5.73 Å². The summed E-state index contributed by atoms with van der Waals surface area (Å²) in [4.78, 5) is 20.6. The highest BCUT2D eigenvalue weighted by atomic mass is 32.2. The molecule has 118 valence electrons. The number of anilines is 1. The highest BCUT2D eigenvalue weighted by Crippen LogP contribution is 2.24. The molecule has 0 radical (unpaired) electrons. The first-order valence-electron chi connectivity index (χ1n) is 7.11. The molecule has 0 aliphatic rings. The van der Waals surface area contributed by atoms with Gasteiger partial charge in [-0.15, -0.1) is 0 Å². The van der Waals surface area contributed by atoms with Crippen molar-refractivity contribution in [3.8, 4) is 6.07 Å². The fraction of sp³-hybridized carbons (Fsp3) is 0.294. The molecular formula is C17H18N4OS. The lowest BCUT2D eigenvalue weighted by Gasteiger charge is -2.13. The molecule has 0 spiro atoms. The van der Waals surface area contributed by atoms with Crippen molar-refractivity contribution in [3.63, 3.8) is 0 Å². The Morgan fingerprint density at radius 3 is 2.57 bits per heavy atom. The van der Waals surface area contributed by atoms with E-state index in [-0.39, 0.29) is 22.9 Å². The van der Waals surface area contributed by atoms with Gasteiger partial charge in [0.2, 0.25) is 0 Å². The van der Waals surface area contributed by atoms with E-state index in [9.17, 15) is 4.79 Å². The topological polar surface area (TPSA) is 92.7 Å². The molecule has 0 unspecified atom stereocenters. The molecule has 1 aromatic heterocycles. The molecule has 0 bridgehead atoms. The van der Waals surface area contributed by atoms with Crippen LogP contribution in [0.4, 0.5) is 5.82 Å². The predicted molar refractivity (Wildman–Crippen MR) is 91.6 cm³/mol. The van der Waals surface area contributed by atoms with Crippen LogP contribution in [-0.2, 0) is 0 Å². The predicted octanol–water partition coefficient (Wildman–Crippen LogP) is 3.14. The molecule has 23 heavy (non-hydrogen) atoms. The minimum atomic E-state index is 0.0326. The van der Waals surface area contributed by atoms with Crippen molar-refractivity contribution in [1.82, 2.24) is 9.97 Å². The summed E-state index contributed by atoms with van der Waals surface area (Å²) in [6, 6.07) is 3.85. The van der Waals surface area contributed by atoms with Crippen molar-refractivity contribution in [2.45, 2.75) is 32.9 Å². The summed E-state index contributed by atoms with van der Waals surface area (Å²) in [7, 11) is 0. The summed E-state index contributed by atoms with van der Waals surface area (Å²) < 4.78 is 0. The van der Waals surface area contributed by atoms with Gasteiger partial charge in [0.15, 0.2) is 10.9 Å². The van der Waals surface area contributed by atoms with Crippen LogP contribution in [0.5, 0.6) is 0 Å². The molecule has 2 rings (SSSR count). The Morgan fingerprint density at radius 2 is 1.96 bits per heavy atom. The standard InChI is InChI=1S/C17H18N4OS/c1-9-5-14(12(4)11(3)10(9)2)15(22)8-23-17-20-7-13(6-18)16(19)21-17/h5,7H,8H2,1-4H3,(H2,19,20,21). The lowest BCUT2D eigenvalue weighted by molar-refractivity contribution is 0.102. The van der Waals surface area contributed by atoms with Gasteiger partial charge in [0.05, 0.1) is 11.9 Å². The smallest absolute Gasteiger partial charge is 0.189 e. The third-order valence-corrected chi connectivity index (χ3v) is 4.89. The normalized spacial score (nSPS) is 10.4. The molecular weight excluding hydrogens is 308 g/mol. The van der Waals surface area contributed by atoms with Crippen molar-refractivity contribution in [3.05, 3.63) is 45.6 Å². The van der Waals surface area contributed by atoms with Crippen LogP contribution in [0.2, 0.25) is 0 Å². The summed E-state index contributed by atoms with van der Waals surface area (Å²) in [5.74, 6) is 0.398. The minimum absolute atomic E-state index is 0.0326. The van der Waals surface area contributed by atoms with Crippen molar-refractivity contribution < 1.29 is 4.79 Å². The number of nitrogens with zero attached hydrogens (tertiary/aromatic N) is 3. The highest BCUT2D eigenvalue weighted by molar-refractivity contribution is 7.99. The van der Waals surface area contributed by atoms with Crippen LogP contribution in [0, 0.1) is 39.0 Å². The van der Waals surface area contributed by atoms with Gasteiger partial charge in [-0.25, -0.2) is 9.97 Å². The van der Waals surface area contributed by atoms with E-state index in [0.29, 0.717) is 5.16 Å². The van der Waals surface area contributed by atoms with Gasteiger partial charge in [0, 0.05) is 5.56 Å². The van der Waals surface area contributed by atoms with Crippen LogP contribution in [0.15, 0.2) is 17.4 Å². The van der Waals surface area contributed by atoms with E-state index in [1.54, 1.807) is 0 Å². The Morgan fingerprint density at radius 1 is 1.26 bits per heavy atom. The minimum Gasteiger partial charge on any atom is -0.382 e.